The quantitative estimate of drug-likeness (QED) is 0.0772. The molecule has 37 heavy (non-hydrogen) atoms. The van der Waals surface area contributed by atoms with Crippen molar-refractivity contribution in [2.45, 2.75) is 88.3 Å². The van der Waals surface area contributed by atoms with Crippen LogP contribution in [0.25, 0.3) is 0 Å². The van der Waals surface area contributed by atoms with Crippen LogP contribution in [0.3, 0.4) is 0 Å². The summed E-state index contributed by atoms with van der Waals surface area (Å²) in [7, 11) is 0. The fourth-order valence-electron chi connectivity index (χ4n) is 3.04. The summed E-state index contributed by atoms with van der Waals surface area (Å²) < 4.78 is 24.3. The zero-order chi connectivity index (χ0) is 28.4. The van der Waals surface area contributed by atoms with E-state index in [-0.39, 0.29) is 0 Å². The second-order valence-electron chi connectivity index (χ2n) is 8.29. The molecule has 10 atom stereocenters. The highest BCUT2D eigenvalue weighted by Crippen LogP contribution is 2.25. The van der Waals surface area contributed by atoms with Crippen LogP contribution in [0.15, 0.2) is 0 Å². The van der Waals surface area contributed by atoms with Crippen LogP contribution in [0, 0.1) is 0 Å². The van der Waals surface area contributed by atoms with E-state index in [1.54, 1.807) is 13.8 Å². The van der Waals surface area contributed by atoms with Gasteiger partial charge < -0.3 is 69.9 Å². The van der Waals surface area contributed by atoms with Crippen molar-refractivity contribution in [3.05, 3.63) is 0 Å². The smallest absolute Gasteiger partial charge is 0.431 e. The van der Waals surface area contributed by atoms with Gasteiger partial charge in [-0.2, -0.15) is 0 Å². The van der Waals surface area contributed by atoms with Crippen molar-refractivity contribution >= 4 is 18.0 Å². The first-order valence-electron chi connectivity index (χ1n) is 11.2. The van der Waals surface area contributed by atoms with Crippen LogP contribution < -0.4 is 5.32 Å². The Morgan fingerprint density at radius 1 is 0.919 bits per heavy atom. The van der Waals surface area contributed by atoms with Gasteiger partial charge in [-0.1, -0.05) is 0 Å². The lowest BCUT2D eigenvalue weighted by atomic mass is 9.98. The maximum atomic E-state index is 12.2. The van der Waals surface area contributed by atoms with Crippen molar-refractivity contribution in [1.29, 1.82) is 0 Å². The highest BCUT2D eigenvalue weighted by molar-refractivity contribution is 5.85. The number of amides is 1. The molecule has 1 heterocycles. The molecule has 10 unspecified atom stereocenters. The summed E-state index contributed by atoms with van der Waals surface area (Å²) in [5.74, 6) is -2.46. The van der Waals surface area contributed by atoms with E-state index in [9.17, 15) is 55.2 Å². The number of hydrogen-bond acceptors (Lipinski definition) is 16. The molecule has 1 amide bonds. The second kappa shape index (κ2) is 15.3. The molecular formula is C20H35NO16. The minimum Gasteiger partial charge on any atom is -0.431 e. The topological polar surface area (TPSA) is 271 Å². The molecule has 17 heteroatoms. The van der Waals surface area contributed by atoms with Gasteiger partial charge in [-0.25, -0.2) is 4.79 Å². The third-order valence-corrected chi connectivity index (χ3v) is 4.93. The van der Waals surface area contributed by atoms with E-state index in [1.165, 1.54) is 6.92 Å². The number of carbonyl (C=O) groups excluding carboxylic acids is 3. The normalized spacial score (nSPS) is 27.9. The van der Waals surface area contributed by atoms with E-state index >= 15 is 0 Å². The number of nitrogens with one attached hydrogen (secondary N) is 1. The van der Waals surface area contributed by atoms with Crippen LogP contribution in [0.5, 0.6) is 0 Å². The lowest BCUT2D eigenvalue weighted by Crippen LogP contribution is -2.62. The van der Waals surface area contributed by atoms with Gasteiger partial charge in [0.2, 0.25) is 6.29 Å². The van der Waals surface area contributed by atoms with Gasteiger partial charge in [-0.3, -0.25) is 9.59 Å². The minimum absolute atomic E-state index is 0.486. The SMILES string of the molecule is CC(C)OC(=O)OC(C)OC(=O)CNC(=O)C(O)C(O)C(OC1OC(CO)C(O)C(O)C1O)C(O)CO. The number of carbonyl (C=O) groups is 3. The van der Waals surface area contributed by atoms with Crippen molar-refractivity contribution in [3.63, 3.8) is 0 Å². The van der Waals surface area contributed by atoms with E-state index < -0.39 is 105 Å². The monoisotopic (exact) mass is 545 g/mol. The molecule has 1 aliphatic rings. The second-order valence-corrected chi connectivity index (χ2v) is 8.29. The number of rotatable bonds is 13. The van der Waals surface area contributed by atoms with Crippen LogP contribution in [0.1, 0.15) is 20.8 Å². The molecule has 0 aromatic rings. The fraction of sp³-hybridized carbons (Fsp3) is 0.850. The Balaban J connectivity index is 2.73. The third-order valence-electron chi connectivity index (χ3n) is 4.93. The standard InChI is InChI=1S/C20H35NO16/c1-7(2)33-20(32)35-8(3)34-11(25)4-21-18(31)15(29)14(28)17(9(24)5-22)37-19-16(30)13(27)12(26)10(6-23)36-19/h7-10,12-17,19,22-24,26-30H,4-6H2,1-3H3,(H,21,31). The van der Waals surface area contributed by atoms with Gasteiger partial charge in [0.1, 0.15) is 49.3 Å². The van der Waals surface area contributed by atoms with Gasteiger partial charge in [-0.05, 0) is 13.8 Å². The first-order valence-corrected chi connectivity index (χ1v) is 11.2. The van der Waals surface area contributed by atoms with Crippen molar-refractivity contribution in [2.75, 3.05) is 19.8 Å². The number of esters is 1. The largest absolute Gasteiger partial charge is 0.511 e. The summed E-state index contributed by atoms with van der Waals surface area (Å²) in [6.07, 6.45) is -20.5. The molecule has 1 fully saturated rings. The van der Waals surface area contributed by atoms with Gasteiger partial charge in [-0.15, -0.1) is 0 Å². The van der Waals surface area contributed by atoms with Gasteiger partial charge in [0.15, 0.2) is 12.4 Å². The molecule has 1 aliphatic heterocycles. The zero-order valence-corrected chi connectivity index (χ0v) is 20.3. The predicted molar refractivity (Wildman–Crippen MR) is 115 cm³/mol. The van der Waals surface area contributed by atoms with Crippen LogP contribution in [0.4, 0.5) is 4.79 Å². The highest BCUT2D eigenvalue weighted by Gasteiger charge is 2.47. The maximum absolute atomic E-state index is 12.2. The van der Waals surface area contributed by atoms with Crippen molar-refractivity contribution < 1.29 is 78.9 Å². The van der Waals surface area contributed by atoms with Gasteiger partial charge in [0, 0.05) is 6.92 Å². The van der Waals surface area contributed by atoms with E-state index in [1.807, 2.05) is 5.32 Å². The summed E-state index contributed by atoms with van der Waals surface area (Å²) in [5.41, 5.74) is 0. The molecule has 1 rings (SSSR count). The van der Waals surface area contributed by atoms with E-state index in [2.05, 4.69) is 4.74 Å². The number of aliphatic hydroxyl groups excluding tert-OH is 8. The number of aliphatic hydroxyl groups is 8. The van der Waals surface area contributed by atoms with Gasteiger partial charge in [0.05, 0.1) is 19.3 Å². The number of ether oxygens (including phenoxy) is 5. The summed E-state index contributed by atoms with van der Waals surface area (Å²) in [6.45, 7) is 1.59. The minimum atomic E-state index is -2.38. The molecule has 1 saturated heterocycles. The Morgan fingerprint density at radius 2 is 1.54 bits per heavy atom. The van der Waals surface area contributed by atoms with Crippen LogP contribution in [-0.4, -0.2) is 146 Å². The average molecular weight is 545 g/mol. The highest BCUT2D eigenvalue weighted by atomic mass is 16.8. The first-order chi connectivity index (χ1) is 17.2. The number of hydrogen-bond donors (Lipinski definition) is 9. The van der Waals surface area contributed by atoms with E-state index in [4.69, 9.17) is 18.9 Å². The third kappa shape index (κ3) is 9.89. The van der Waals surface area contributed by atoms with Gasteiger partial charge >= 0.3 is 12.1 Å². The molecule has 0 radical (unpaired) electrons. The zero-order valence-electron chi connectivity index (χ0n) is 20.3. The summed E-state index contributed by atoms with van der Waals surface area (Å²) in [5, 5.41) is 80.8. The van der Waals surface area contributed by atoms with Crippen LogP contribution >= 0.6 is 0 Å². The molecule has 0 bridgehead atoms. The molecule has 0 aromatic carbocycles. The van der Waals surface area contributed by atoms with Crippen LogP contribution in [0.2, 0.25) is 0 Å². The van der Waals surface area contributed by atoms with Gasteiger partial charge in [0.25, 0.3) is 5.91 Å². The molecule has 0 aromatic heterocycles. The molecule has 17 nitrogen and oxygen atoms in total. The maximum Gasteiger partial charge on any atom is 0.511 e. The van der Waals surface area contributed by atoms with Crippen molar-refractivity contribution in [3.8, 4) is 0 Å². The summed E-state index contributed by atoms with van der Waals surface area (Å²) >= 11 is 0. The lowest BCUT2D eigenvalue weighted by molar-refractivity contribution is -0.326. The lowest BCUT2D eigenvalue weighted by Gasteiger charge is -2.42. The fourth-order valence-corrected chi connectivity index (χ4v) is 3.04. The molecule has 216 valence electrons. The predicted octanol–water partition coefficient (Wildman–Crippen LogP) is -5.19. The molecular weight excluding hydrogens is 510 g/mol. The Bertz CT molecular complexity index is 735. The summed E-state index contributed by atoms with van der Waals surface area (Å²) in [4.78, 5) is 35.4. The van der Waals surface area contributed by atoms with E-state index in [0.29, 0.717) is 0 Å². The molecule has 0 saturated carbocycles. The Morgan fingerprint density at radius 3 is 2.08 bits per heavy atom. The Hall–Kier alpha value is -2.19. The summed E-state index contributed by atoms with van der Waals surface area (Å²) in [6, 6.07) is 0. The average Bonchev–Trinajstić information content (AvgIpc) is 2.83. The van der Waals surface area contributed by atoms with Crippen LogP contribution in [-0.2, 0) is 33.3 Å². The first kappa shape index (κ1) is 32.8. The van der Waals surface area contributed by atoms with E-state index in [0.717, 1.165) is 0 Å². The Labute approximate surface area is 211 Å². The molecule has 9 N–H and O–H groups in total. The molecule has 0 spiro atoms. The molecule has 0 aliphatic carbocycles. The van der Waals surface area contributed by atoms with Crippen molar-refractivity contribution in [1.82, 2.24) is 5.32 Å². The Kier molecular flexibility index (Phi) is 13.6. The van der Waals surface area contributed by atoms with Crippen molar-refractivity contribution in [2.24, 2.45) is 0 Å².